The summed E-state index contributed by atoms with van der Waals surface area (Å²) >= 11 is 0. The van der Waals surface area contributed by atoms with E-state index in [1.54, 1.807) is 24.5 Å². The molecule has 0 aliphatic heterocycles. The molecule has 0 unspecified atom stereocenters. The molecule has 2 heterocycles. The molecule has 0 aromatic carbocycles. The molecule has 0 fully saturated rings. The first-order valence-electron chi connectivity index (χ1n) is 5.39. The van der Waals surface area contributed by atoms with E-state index in [4.69, 9.17) is 5.84 Å². The lowest BCUT2D eigenvalue weighted by molar-refractivity contribution is 0.0946. The number of amides is 1. The summed E-state index contributed by atoms with van der Waals surface area (Å²) in [6.45, 7) is 0.422. The second-order valence-corrected chi connectivity index (χ2v) is 3.62. The van der Waals surface area contributed by atoms with Gasteiger partial charge in [0.2, 0.25) is 0 Å². The molecule has 0 spiro atoms. The average molecular weight is 243 g/mol. The van der Waals surface area contributed by atoms with Crippen molar-refractivity contribution in [1.82, 2.24) is 15.3 Å². The fourth-order valence-electron chi connectivity index (χ4n) is 1.39. The maximum Gasteiger partial charge on any atom is 0.270 e. The predicted molar refractivity (Wildman–Crippen MR) is 67.5 cm³/mol. The van der Waals surface area contributed by atoms with E-state index >= 15 is 0 Å². The molecule has 2 aromatic heterocycles. The molecular weight excluding hydrogens is 230 g/mol. The zero-order valence-electron chi connectivity index (χ0n) is 9.63. The molecule has 2 aromatic rings. The van der Waals surface area contributed by atoms with Gasteiger partial charge in [-0.2, -0.15) is 0 Å². The lowest BCUT2D eigenvalue weighted by Gasteiger charge is -2.05. The van der Waals surface area contributed by atoms with Crippen LogP contribution in [-0.4, -0.2) is 15.9 Å². The van der Waals surface area contributed by atoms with Crippen LogP contribution in [0.2, 0.25) is 0 Å². The minimum absolute atomic E-state index is 0.234. The average Bonchev–Trinajstić information content (AvgIpc) is 2.46. The number of nitrogens with zero attached hydrogens (tertiary/aromatic N) is 2. The predicted octanol–water partition coefficient (Wildman–Crippen LogP) is 0.692. The van der Waals surface area contributed by atoms with Gasteiger partial charge in [-0.25, -0.2) is 4.98 Å². The van der Waals surface area contributed by atoms with Crippen molar-refractivity contribution in [3.63, 3.8) is 0 Å². The highest BCUT2D eigenvalue weighted by Crippen LogP contribution is 2.04. The largest absolute Gasteiger partial charge is 0.347 e. The summed E-state index contributed by atoms with van der Waals surface area (Å²) in [6.07, 6.45) is 4.89. The highest BCUT2D eigenvalue weighted by molar-refractivity contribution is 5.92. The van der Waals surface area contributed by atoms with E-state index in [9.17, 15) is 4.79 Å². The zero-order valence-corrected chi connectivity index (χ0v) is 9.63. The summed E-state index contributed by atoms with van der Waals surface area (Å²) in [5.74, 6) is 4.98. The van der Waals surface area contributed by atoms with Crippen molar-refractivity contribution in [2.45, 2.75) is 6.54 Å². The molecule has 0 radical (unpaired) electrons. The summed E-state index contributed by atoms with van der Waals surface area (Å²) in [6, 6.07) is 7.00. The van der Waals surface area contributed by atoms with Crippen molar-refractivity contribution in [3.8, 4) is 0 Å². The number of carbonyl (C=O) groups is 1. The molecule has 6 nitrogen and oxygen atoms in total. The first-order chi connectivity index (χ1) is 8.79. The number of rotatable bonds is 4. The number of hydrogen-bond acceptors (Lipinski definition) is 5. The molecule has 1 amide bonds. The SMILES string of the molecule is NNc1ccc(C(=O)NCc2cccnc2)nc1. The monoisotopic (exact) mass is 243 g/mol. The Morgan fingerprint density at radius 2 is 2.17 bits per heavy atom. The fourth-order valence-corrected chi connectivity index (χ4v) is 1.39. The maximum atomic E-state index is 11.8. The Kier molecular flexibility index (Phi) is 3.83. The van der Waals surface area contributed by atoms with Crippen molar-refractivity contribution in [2.24, 2.45) is 5.84 Å². The Bertz CT molecular complexity index is 512. The quantitative estimate of drug-likeness (QED) is 0.542. The van der Waals surface area contributed by atoms with Gasteiger partial charge in [-0.05, 0) is 23.8 Å². The van der Waals surface area contributed by atoms with Crippen molar-refractivity contribution in [2.75, 3.05) is 5.43 Å². The minimum atomic E-state index is -0.234. The number of anilines is 1. The molecule has 18 heavy (non-hydrogen) atoms. The number of carbonyl (C=O) groups excluding carboxylic acids is 1. The van der Waals surface area contributed by atoms with Gasteiger partial charge >= 0.3 is 0 Å². The second kappa shape index (κ2) is 5.74. The van der Waals surface area contributed by atoms with Crippen molar-refractivity contribution in [3.05, 3.63) is 54.1 Å². The smallest absolute Gasteiger partial charge is 0.270 e. The third kappa shape index (κ3) is 3.02. The third-order valence-electron chi connectivity index (χ3n) is 2.34. The molecule has 2 rings (SSSR count). The molecule has 6 heteroatoms. The van der Waals surface area contributed by atoms with Gasteiger partial charge in [0.1, 0.15) is 5.69 Å². The van der Waals surface area contributed by atoms with Gasteiger partial charge < -0.3 is 10.7 Å². The summed E-state index contributed by atoms with van der Waals surface area (Å²) in [5.41, 5.74) is 4.38. The molecule has 92 valence electrons. The molecule has 0 bridgehead atoms. The summed E-state index contributed by atoms with van der Waals surface area (Å²) in [5, 5.41) is 2.76. The normalized spacial score (nSPS) is 9.83. The van der Waals surface area contributed by atoms with Crippen LogP contribution in [0.4, 0.5) is 5.69 Å². The molecule has 0 atom stereocenters. The van der Waals surface area contributed by atoms with Crippen LogP contribution in [0.3, 0.4) is 0 Å². The van der Waals surface area contributed by atoms with Crippen molar-refractivity contribution < 1.29 is 4.79 Å². The van der Waals surface area contributed by atoms with Crippen LogP contribution < -0.4 is 16.6 Å². The number of nitrogens with one attached hydrogen (secondary N) is 2. The first kappa shape index (κ1) is 12.0. The van der Waals surface area contributed by atoms with Crippen LogP contribution in [0.5, 0.6) is 0 Å². The van der Waals surface area contributed by atoms with E-state index in [1.165, 1.54) is 6.20 Å². The topological polar surface area (TPSA) is 92.9 Å². The first-order valence-corrected chi connectivity index (χ1v) is 5.39. The Morgan fingerprint density at radius 3 is 2.78 bits per heavy atom. The van der Waals surface area contributed by atoms with E-state index in [0.29, 0.717) is 17.9 Å². The van der Waals surface area contributed by atoms with E-state index in [1.807, 2.05) is 12.1 Å². The van der Waals surface area contributed by atoms with Crippen LogP contribution >= 0.6 is 0 Å². The Hall–Kier alpha value is -2.47. The number of nitrogen functional groups attached to an aromatic ring is 1. The Labute approximate surface area is 104 Å². The minimum Gasteiger partial charge on any atom is -0.347 e. The number of pyridine rings is 2. The van der Waals surface area contributed by atoms with Crippen LogP contribution in [0, 0.1) is 0 Å². The number of hydrazine groups is 1. The molecule has 0 aliphatic carbocycles. The van der Waals surface area contributed by atoms with Gasteiger partial charge in [-0.1, -0.05) is 6.07 Å². The van der Waals surface area contributed by atoms with Crippen molar-refractivity contribution in [1.29, 1.82) is 0 Å². The lowest BCUT2D eigenvalue weighted by atomic mass is 10.2. The van der Waals surface area contributed by atoms with Crippen LogP contribution in [0.25, 0.3) is 0 Å². The molecule has 0 aliphatic rings. The third-order valence-corrected chi connectivity index (χ3v) is 2.34. The standard InChI is InChI=1S/C12H13N5O/c13-17-10-3-4-11(15-8-10)12(18)16-7-9-2-1-5-14-6-9/h1-6,8,17H,7,13H2,(H,16,18). The summed E-state index contributed by atoms with van der Waals surface area (Å²) in [7, 11) is 0. The van der Waals surface area contributed by atoms with Gasteiger partial charge in [0, 0.05) is 18.9 Å². The molecule has 0 saturated carbocycles. The van der Waals surface area contributed by atoms with Gasteiger partial charge in [-0.15, -0.1) is 0 Å². The Morgan fingerprint density at radius 1 is 1.28 bits per heavy atom. The second-order valence-electron chi connectivity index (χ2n) is 3.62. The zero-order chi connectivity index (χ0) is 12.8. The van der Waals surface area contributed by atoms with E-state index in [-0.39, 0.29) is 5.91 Å². The van der Waals surface area contributed by atoms with E-state index in [2.05, 4.69) is 20.7 Å². The van der Waals surface area contributed by atoms with E-state index < -0.39 is 0 Å². The number of aromatic nitrogens is 2. The van der Waals surface area contributed by atoms with Gasteiger partial charge in [0.15, 0.2) is 0 Å². The molecule has 0 saturated heterocycles. The van der Waals surface area contributed by atoms with Crippen LogP contribution in [0.15, 0.2) is 42.9 Å². The van der Waals surface area contributed by atoms with Gasteiger partial charge in [0.25, 0.3) is 5.91 Å². The van der Waals surface area contributed by atoms with Crippen LogP contribution in [0.1, 0.15) is 16.1 Å². The molecule has 4 N–H and O–H groups in total. The fraction of sp³-hybridized carbons (Fsp3) is 0.0833. The van der Waals surface area contributed by atoms with Crippen LogP contribution in [-0.2, 0) is 6.54 Å². The highest BCUT2D eigenvalue weighted by Gasteiger charge is 2.06. The summed E-state index contributed by atoms with van der Waals surface area (Å²) < 4.78 is 0. The van der Waals surface area contributed by atoms with Gasteiger partial charge in [-0.3, -0.25) is 15.6 Å². The Balaban J connectivity index is 1.95. The van der Waals surface area contributed by atoms with Crippen molar-refractivity contribution >= 4 is 11.6 Å². The summed E-state index contributed by atoms with van der Waals surface area (Å²) in [4.78, 5) is 19.7. The van der Waals surface area contributed by atoms with E-state index in [0.717, 1.165) is 5.56 Å². The lowest BCUT2D eigenvalue weighted by Crippen LogP contribution is -2.23. The highest BCUT2D eigenvalue weighted by atomic mass is 16.1. The number of nitrogens with two attached hydrogens (primary N) is 1. The van der Waals surface area contributed by atoms with Gasteiger partial charge in [0.05, 0.1) is 11.9 Å². The number of hydrogen-bond donors (Lipinski definition) is 3. The maximum absolute atomic E-state index is 11.8. The molecular formula is C12H13N5O.